The molecular weight excluding hydrogens is 272 g/mol. The lowest BCUT2D eigenvalue weighted by atomic mass is 9.98. The zero-order valence-electron chi connectivity index (χ0n) is 11.2. The number of hydrogen-bond acceptors (Lipinski definition) is 8. The summed E-state index contributed by atoms with van der Waals surface area (Å²) in [6, 6.07) is 0. The van der Waals surface area contributed by atoms with Crippen LogP contribution in [0.15, 0.2) is 0 Å². The van der Waals surface area contributed by atoms with Crippen LogP contribution in [0.3, 0.4) is 0 Å². The number of rotatable bonds is 3. The minimum atomic E-state index is -0.611. The van der Waals surface area contributed by atoms with Gasteiger partial charge in [-0.3, -0.25) is 4.79 Å². The number of ether oxygens (including phenoxy) is 7. The second-order valence-electron chi connectivity index (χ2n) is 4.84. The summed E-state index contributed by atoms with van der Waals surface area (Å²) in [5.74, 6) is -0.406. The minimum absolute atomic E-state index is 0.0901. The summed E-state index contributed by atoms with van der Waals surface area (Å²) in [5, 5.41) is 0. The van der Waals surface area contributed by atoms with Crippen molar-refractivity contribution in [3.05, 3.63) is 0 Å². The third kappa shape index (κ3) is 2.95. The van der Waals surface area contributed by atoms with Crippen LogP contribution in [-0.2, 0) is 38.0 Å². The van der Waals surface area contributed by atoms with E-state index in [0.29, 0.717) is 13.2 Å². The molecule has 0 N–H and O–H groups in total. The Balaban J connectivity index is 1.74. The number of esters is 1. The van der Waals surface area contributed by atoms with Crippen LogP contribution in [0.2, 0.25) is 0 Å². The number of hydrogen-bond donors (Lipinski definition) is 0. The Morgan fingerprint density at radius 1 is 0.900 bits per heavy atom. The maximum absolute atomic E-state index is 11.4. The van der Waals surface area contributed by atoms with Crippen LogP contribution >= 0.6 is 0 Å². The van der Waals surface area contributed by atoms with Crippen LogP contribution < -0.4 is 0 Å². The molecule has 0 aromatic heterocycles. The van der Waals surface area contributed by atoms with Crippen molar-refractivity contribution in [3.8, 4) is 0 Å². The maximum Gasteiger partial charge on any atom is 0.303 e. The summed E-state index contributed by atoms with van der Waals surface area (Å²) in [6.45, 7) is 2.67. The lowest BCUT2D eigenvalue weighted by molar-refractivity contribution is -0.272. The largest absolute Gasteiger partial charge is 0.457 e. The Bertz CT molecular complexity index is 312. The maximum atomic E-state index is 11.4. The average molecular weight is 290 g/mol. The normalized spacial score (nSPS) is 41.8. The van der Waals surface area contributed by atoms with E-state index in [1.165, 1.54) is 6.92 Å². The minimum Gasteiger partial charge on any atom is -0.457 e. The van der Waals surface area contributed by atoms with E-state index in [-0.39, 0.29) is 32.6 Å². The standard InChI is InChI=1S/C12H18O8/c1-7(13)20-12-10(8-2-14-4-16-8)18-6-19-11(12)9-3-15-5-17-9/h8-12H,2-6H2,1H3/t8-,9-,10-,11+,12?/m0/s1. The molecule has 3 fully saturated rings. The van der Waals surface area contributed by atoms with Crippen molar-refractivity contribution in [2.75, 3.05) is 33.6 Å². The molecule has 3 aliphatic heterocycles. The zero-order valence-corrected chi connectivity index (χ0v) is 11.2. The van der Waals surface area contributed by atoms with Gasteiger partial charge in [-0.05, 0) is 0 Å². The van der Waals surface area contributed by atoms with Crippen molar-refractivity contribution in [2.45, 2.75) is 37.4 Å². The Kier molecular flexibility index (Phi) is 4.49. The summed E-state index contributed by atoms with van der Waals surface area (Å²) < 4.78 is 37.8. The summed E-state index contributed by atoms with van der Waals surface area (Å²) >= 11 is 0. The Hall–Kier alpha value is -0.770. The monoisotopic (exact) mass is 290 g/mol. The van der Waals surface area contributed by atoms with Gasteiger partial charge in [-0.1, -0.05) is 0 Å². The third-order valence-electron chi connectivity index (χ3n) is 3.50. The van der Waals surface area contributed by atoms with Gasteiger partial charge in [0, 0.05) is 6.92 Å². The van der Waals surface area contributed by atoms with Gasteiger partial charge >= 0.3 is 5.97 Å². The first-order valence-electron chi connectivity index (χ1n) is 6.55. The van der Waals surface area contributed by atoms with Crippen LogP contribution in [0.25, 0.3) is 0 Å². The predicted molar refractivity (Wildman–Crippen MR) is 61.6 cm³/mol. The molecule has 0 aliphatic carbocycles. The van der Waals surface area contributed by atoms with Crippen molar-refractivity contribution in [3.63, 3.8) is 0 Å². The smallest absolute Gasteiger partial charge is 0.303 e. The van der Waals surface area contributed by atoms with E-state index in [9.17, 15) is 4.79 Å². The van der Waals surface area contributed by atoms with E-state index in [4.69, 9.17) is 33.2 Å². The average Bonchev–Trinajstić information content (AvgIpc) is 3.12. The van der Waals surface area contributed by atoms with E-state index in [2.05, 4.69) is 0 Å². The molecule has 20 heavy (non-hydrogen) atoms. The molecule has 3 rings (SSSR count). The molecule has 3 aliphatic rings. The van der Waals surface area contributed by atoms with Crippen molar-refractivity contribution in [1.82, 2.24) is 0 Å². The van der Waals surface area contributed by atoms with Gasteiger partial charge in [-0.25, -0.2) is 0 Å². The third-order valence-corrected chi connectivity index (χ3v) is 3.50. The molecule has 5 atom stereocenters. The van der Waals surface area contributed by atoms with Crippen LogP contribution in [-0.4, -0.2) is 70.1 Å². The fraction of sp³-hybridized carbons (Fsp3) is 0.917. The van der Waals surface area contributed by atoms with Crippen molar-refractivity contribution < 1.29 is 38.0 Å². The molecule has 3 heterocycles. The molecule has 0 saturated carbocycles. The Labute approximate surface area is 116 Å². The molecule has 0 aromatic carbocycles. The lowest BCUT2D eigenvalue weighted by Gasteiger charge is -2.40. The van der Waals surface area contributed by atoms with Gasteiger partial charge in [0.1, 0.15) is 44.8 Å². The molecule has 0 radical (unpaired) electrons. The molecule has 0 amide bonds. The van der Waals surface area contributed by atoms with Gasteiger partial charge in [0.25, 0.3) is 0 Å². The highest BCUT2D eigenvalue weighted by molar-refractivity contribution is 5.66. The van der Waals surface area contributed by atoms with Gasteiger partial charge in [-0.15, -0.1) is 0 Å². The highest BCUT2D eigenvalue weighted by Gasteiger charge is 2.48. The fourth-order valence-electron chi connectivity index (χ4n) is 2.61. The summed E-state index contributed by atoms with van der Waals surface area (Å²) in [4.78, 5) is 11.4. The van der Waals surface area contributed by atoms with Gasteiger partial charge in [0.05, 0.1) is 13.2 Å². The predicted octanol–water partition coefficient (Wildman–Crippen LogP) is -0.595. The molecule has 1 unspecified atom stereocenters. The van der Waals surface area contributed by atoms with Gasteiger partial charge in [-0.2, -0.15) is 0 Å². The molecule has 8 heteroatoms. The van der Waals surface area contributed by atoms with Crippen LogP contribution in [0.5, 0.6) is 0 Å². The van der Waals surface area contributed by atoms with Crippen LogP contribution in [0, 0.1) is 0 Å². The quantitative estimate of drug-likeness (QED) is 0.638. The summed E-state index contributed by atoms with van der Waals surface area (Å²) in [6.07, 6.45) is -2.06. The van der Waals surface area contributed by atoms with Gasteiger partial charge in [0.2, 0.25) is 0 Å². The highest BCUT2D eigenvalue weighted by Crippen LogP contribution is 2.28. The van der Waals surface area contributed by atoms with Crippen LogP contribution in [0.4, 0.5) is 0 Å². The van der Waals surface area contributed by atoms with Crippen molar-refractivity contribution in [1.29, 1.82) is 0 Å². The molecule has 8 nitrogen and oxygen atoms in total. The Morgan fingerprint density at radius 2 is 1.45 bits per heavy atom. The Morgan fingerprint density at radius 3 is 1.85 bits per heavy atom. The highest BCUT2D eigenvalue weighted by atomic mass is 16.8. The van der Waals surface area contributed by atoms with Gasteiger partial charge in [0.15, 0.2) is 6.10 Å². The van der Waals surface area contributed by atoms with Crippen LogP contribution in [0.1, 0.15) is 6.92 Å². The molecule has 0 aromatic rings. The first-order chi connectivity index (χ1) is 9.75. The summed E-state index contributed by atoms with van der Waals surface area (Å²) in [7, 11) is 0. The zero-order chi connectivity index (χ0) is 13.9. The first-order valence-corrected chi connectivity index (χ1v) is 6.55. The van der Waals surface area contributed by atoms with E-state index in [0.717, 1.165) is 0 Å². The van der Waals surface area contributed by atoms with Crippen molar-refractivity contribution in [2.24, 2.45) is 0 Å². The first kappa shape index (κ1) is 14.2. The number of carbonyl (C=O) groups excluding carboxylic acids is 1. The topological polar surface area (TPSA) is 81.7 Å². The van der Waals surface area contributed by atoms with E-state index in [1.807, 2.05) is 0 Å². The number of carbonyl (C=O) groups is 1. The fourth-order valence-corrected chi connectivity index (χ4v) is 2.61. The van der Waals surface area contributed by atoms with E-state index in [1.54, 1.807) is 0 Å². The van der Waals surface area contributed by atoms with E-state index < -0.39 is 24.3 Å². The van der Waals surface area contributed by atoms with Gasteiger partial charge < -0.3 is 33.2 Å². The molecule has 0 spiro atoms. The van der Waals surface area contributed by atoms with E-state index >= 15 is 0 Å². The molecular formula is C12H18O8. The molecule has 0 bridgehead atoms. The lowest BCUT2D eigenvalue weighted by Crippen LogP contribution is -2.58. The van der Waals surface area contributed by atoms with Crippen molar-refractivity contribution >= 4 is 5.97 Å². The molecule has 3 saturated heterocycles. The second-order valence-corrected chi connectivity index (χ2v) is 4.84. The summed E-state index contributed by atoms with van der Waals surface area (Å²) in [5.41, 5.74) is 0. The SMILES string of the molecule is CC(=O)OC1[C@H]([C@@H]2COCO2)OCO[C@@H]1[C@@H]1COCO1. The second kappa shape index (κ2) is 6.33. The molecule has 114 valence electrons.